The van der Waals surface area contributed by atoms with Crippen molar-refractivity contribution < 1.29 is 22.4 Å². The van der Waals surface area contributed by atoms with Crippen molar-refractivity contribution in [2.24, 2.45) is 0 Å². The van der Waals surface area contributed by atoms with Gasteiger partial charge in [0.05, 0.1) is 17.3 Å². The Hall–Kier alpha value is -1.50. The zero-order chi connectivity index (χ0) is 13.8. The molecular formula is C10H9ClF4N2O. The van der Waals surface area contributed by atoms with Crippen molar-refractivity contribution in [1.82, 2.24) is 5.32 Å². The van der Waals surface area contributed by atoms with Crippen LogP contribution in [-0.4, -0.2) is 25.2 Å². The van der Waals surface area contributed by atoms with Gasteiger partial charge in [-0.3, -0.25) is 4.79 Å². The van der Waals surface area contributed by atoms with E-state index in [1.807, 2.05) is 0 Å². The van der Waals surface area contributed by atoms with Crippen molar-refractivity contribution in [3.63, 3.8) is 0 Å². The summed E-state index contributed by atoms with van der Waals surface area (Å²) in [5.74, 6) is -1.44. The number of carbonyl (C=O) groups excluding carboxylic acids is 1. The minimum atomic E-state index is -4.47. The van der Waals surface area contributed by atoms with Gasteiger partial charge in [-0.2, -0.15) is 13.2 Å². The Labute approximate surface area is 105 Å². The number of hydrogen-bond donors (Lipinski definition) is 2. The van der Waals surface area contributed by atoms with Crippen molar-refractivity contribution in [2.45, 2.75) is 6.18 Å². The predicted octanol–water partition coefficient (Wildman–Crippen LogP) is 2.57. The Balaban J connectivity index is 2.45. The normalized spacial score (nSPS) is 11.2. The van der Waals surface area contributed by atoms with Crippen molar-refractivity contribution >= 4 is 23.2 Å². The molecule has 0 aliphatic heterocycles. The molecule has 0 unspecified atom stereocenters. The van der Waals surface area contributed by atoms with Gasteiger partial charge in [0.2, 0.25) is 5.91 Å². The third-order valence-corrected chi connectivity index (χ3v) is 2.18. The lowest BCUT2D eigenvalue weighted by Gasteiger charge is -2.10. The highest BCUT2D eigenvalue weighted by atomic mass is 35.5. The maximum absolute atomic E-state index is 12.8. The van der Waals surface area contributed by atoms with Crippen LogP contribution in [0.5, 0.6) is 0 Å². The van der Waals surface area contributed by atoms with Gasteiger partial charge >= 0.3 is 6.18 Å². The van der Waals surface area contributed by atoms with Crippen LogP contribution in [0.2, 0.25) is 5.02 Å². The second-order valence-electron chi connectivity index (χ2n) is 3.37. The number of halogens is 5. The SMILES string of the molecule is O=C(CNc1cc(F)ccc1Cl)NCC(F)(F)F. The highest BCUT2D eigenvalue weighted by Gasteiger charge is 2.27. The monoisotopic (exact) mass is 284 g/mol. The van der Waals surface area contributed by atoms with E-state index in [-0.39, 0.29) is 10.7 Å². The zero-order valence-electron chi connectivity index (χ0n) is 8.94. The van der Waals surface area contributed by atoms with Gasteiger partial charge in [-0.1, -0.05) is 11.6 Å². The number of anilines is 1. The molecule has 8 heteroatoms. The van der Waals surface area contributed by atoms with Crippen molar-refractivity contribution in [2.75, 3.05) is 18.4 Å². The molecule has 2 N–H and O–H groups in total. The van der Waals surface area contributed by atoms with E-state index in [1.165, 1.54) is 6.07 Å². The molecule has 1 amide bonds. The van der Waals surface area contributed by atoms with Crippen molar-refractivity contribution in [3.8, 4) is 0 Å². The van der Waals surface area contributed by atoms with E-state index >= 15 is 0 Å². The van der Waals surface area contributed by atoms with Crippen LogP contribution in [0.25, 0.3) is 0 Å². The largest absolute Gasteiger partial charge is 0.405 e. The molecule has 0 radical (unpaired) electrons. The number of hydrogen-bond acceptors (Lipinski definition) is 2. The van der Waals surface area contributed by atoms with Crippen LogP contribution in [0.1, 0.15) is 0 Å². The lowest BCUT2D eigenvalue weighted by Crippen LogP contribution is -2.37. The number of benzene rings is 1. The summed E-state index contributed by atoms with van der Waals surface area (Å²) in [4.78, 5) is 11.0. The molecular weight excluding hydrogens is 276 g/mol. The van der Waals surface area contributed by atoms with E-state index in [9.17, 15) is 22.4 Å². The maximum atomic E-state index is 12.8. The smallest absolute Gasteiger partial charge is 0.375 e. The first-order valence-corrected chi connectivity index (χ1v) is 5.18. The summed E-state index contributed by atoms with van der Waals surface area (Å²) in [6.07, 6.45) is -4.47. The second kappa shape index (κ2) is 5.90. The standard InChI is InChI=1S/C10H9ClF4N2O/c11-7-2-1-6(12)3-8(7)16-4-9(18)17-5-10(13,14)15/h1-3,16H,4-5H2,(H,17,18). The van der Waals surface area contributed by atoms with Crippen LogP contribution in [0, 0.1) is 5.82 Å². The molecule has 0 saturated carbocycles. The van der Waals surface area contributed by atoms with Gasteiger partial charge in [0.15, 0.2) is 0 Å². The fourth-order valence-electron chi connectivity index (χ4n) is 1.07. The molecule has 3 nitrogen and oxygen atoms in total. The van der Waals surface area contributed by atoms with E-state index in [4.69, 9.17) is 11.6 Å². The predicted molar refractivity (Wildman–Crippen MR) is 59.0 cm³/mol. The molecule has 0 spiro atoms. The summed E-state index contributed by atoms with van der Waals surface area (Å²) >= 11 is 5.69. The van der Waals surface area contributed by atoms with Crippen LogP contribution in [0.15, 0.2) is 18.2 Å². The average molecular weight is 285 g/mol. The van der Waals surface area contributed by atoms with E-state index < -0.39 is 31.0 Å². The first-order chi connectivity index (χ1) is 8.28. The number of nitrogens with one attached hydrogen (secondary N) is 2. The highest BCUT2D eigenvalue weighted by Crippen LogP contribution is 2.21. The summed E-state index contributed by atoms with van der Waals surface area (Å²) in [5, 5.41) is 4.27. The quantitative estimate of drug-likeness (QED) is 0.835. The number of carbonyl (C=O) groups is 1. The average Bonchev–Trinajstić information content (AvgIpc) is 2.26. The molecule has 0 aliphatic rings. The Morgan fingerprint density at radius 3 is 2.61 bits per heavy atom. The topological polar surface area (TPSA) is 41.1 Å². The summed E-state index contributed by atoms with van der Waals surface area (Å²) in [7, 11) is 0. The van der Waals surface area contributed by atoms with Crippen molar-refractivity contribution in [1.29, 1.82) is 0 Å². The number of rotatable bonds is 4. The van der Waals surface area contributed by atoms with Crippen LogP contribution in [-0.2, 0) is 4.79 Å². The molecule has 0 saturated heterocycles. The van der Waals surface area contributed by atoms with E-state index in [0.717, 1.165) is 12.1 Å². The fraction of sp³-hybridized carbons (Fsp3) is 0.300. The van der Waals surface area contributed by atoms with Gasteiger partial charge < -0.3 is 10.6 Å². The van der Waals surface area contributed by atoms with Crippen LogP contribution in [0.4, 0.5) is 23.2 Å². The molecule has 1 rings (SSSR count). The minimum absolute atomic E-state index is 0.138. The van der Waals surface area contributed by atoms with Gasteiger partial charge in [-0.05, 0) is 18.2 Å². The first kappa shape index (κ1) is 14.6. The van der Waals surface area contributed by atoms with Gasteiger partial charge in [0.25, 0.3) is 0 Å². The van der Waals surface area contributed by atoms with Gasteiger partial charge in [0, 0.05) is 0 Å². The Morgan fingerprint density at radius 2 is 2.00 bits per heavy atom. The van der Waals surface area contributed by atoms with Gasteiger partial charge in [0.1, 0.15) is 12.4 Å². The number of amides is 1. The van der Waals surface area contributed by atoms with E-state index in [0.29, 0.717) is 0 Å². The molecule has 0 fully saturated rings. The summed E-state index contributed by atoms with van der Waals surface area (Å²) in [5.41, 5.74) is 0.138. The van der Waals surface area contributed by atoms with Crippen LogP contribution >= 0.6 is 11.6 Å². The highest BCUT2D eigenvalue weighted by molar-refractivity contribution is 6.33. The Kier molecular flexibility index (Phi) is 4.77. The molecule has 0 aromatic heterocycles. The third kappa shape index (κ3) is 5.22. The lowest BCUT2D eigenvalue weighted by atomic mass is 10.3. The lowest BCUT2D eigenvalue weighted by molar-refractivity contribution is -0.137. The molecule has 0 bridgehead atoms. The Morgan fingerprint density at radius 1 is 1.33 bits per heavy atom. The fourth-order valence-corrected chi connectivity index (χ4v) is 1.25. The zero-order valence-corrected chi connectivity index (χ0v) is 9.70. The number of alkyl halides is 3. The maximum Gasteiger partial charge on any atom is 0.405 e. The molecule has 0 heterocycles. The van der Waals surface area contributed by atoms with Crippen LogP contribution in [0.3, 0.4) is 0 Å². The summed E-state index contributed by atoms with van der Waals surface area (Å²) in [6, 6.07) is 3.43. The Bertz CT molecular complexity index is 436. The second-order valence-corrected chi connectivity index (χ2v) is 3.78. The first-order valence-electron chi connectivity index (χ1n) is 4.80. The third-order valence-electron chi connectivity index (χ3n) is 1.85. The van der Waals surface area contributed by atoms with Crippen LogP contribution < -0.4 is 10.6 Å². The summed E-state index contributed by atoms with van der Waals surface area (Å²) in [6.45, 7) is -1.84. The molecule has 0 aliphatic carbocycles. The molecule has 1 aromatic carbocycles. The van der Waals surface area contributed by atoms with E-state index in [2.05, 4.69) is 5.32 Å². The van der Waals surface area contributed by atoms with E-state index in [1.54, 1.807) is 5.32 Å². The van der Waals surface area contributed by atoms with Crippen molar-refractivity contribution in [3.05, 3.63) is 29.0 Å². The minimum Gasteiger partial charge on any atom is -0.375 e. The molecule has 0 atom stereocenters. The van der Waals surface area contributed by atoms with Gasteiger partial charge in [-0.25, -0.2) is 4.39 Å². The molecule has 1 aromatic rings. The molecule has 100 valence electrons. The molecule has 18 heavy (non-hydrogen) atoms. The van der Waals surface area contributed by atoms with Gasteiger partial charge in [-0.15, -0.1) is 0 Å². The summed E-state index contributed by atoms with van der Waals surface area (Å²) < 4.78 is 48.2.